The van der Waals surface area contributed by atoms with E-state index in [1.165, 1.54) is 6.92 Å². The Hall–Kier alpha value is -1.88. The van der Waals surface area contributed by atoms with Gasteiger partial charge in [-0.3, -0.25) is 4.79 Å². The molecule has 2 heteroatoms. The zero-order chi connectivity index (χ0) is 10.6. The lowest BCUT2D eigenvalue weighted by Crippen LogP contribution is -1.90. The number of hydrogen-bond donors (Lipinski definition) is 0. The molecule has 0 atom stereocenters. The van der Waals surface area contributed by atoms with Crippen molar-refractivity contribution >= 4 is 11.9 Å². The first-order valence-electron chi connectivity index (χ1n) is 4.33. The summed E-state index contributed by atoms with van der Waals surface area (Å²) in [7, 11) is 0. The van der Waals surface area contributed by atoms with Gasteiger partial charge in [0.15, 0.2) is 5.78 Å². The number of benzene rings is 1. The van der Waals surface area contributed by atoms with Crippen molar-refractivity contribution in [3.63, 3.8) is 0 Å². The monoisotopic (exact) mass is 185 g/mol. The van der Waals surface area contributed by atoms with Gasteiger partial charge in [0.05, 0.1) is 11.6 Å². The summed E-state index contributed by atoms with van der Waals surface area (Å²) < 4.78 is 0. The Balaban J connectivity index is 2.95. The van der Waals surface area contributed by atoms with Crippen molar-refractivity contribution in [3.05, 3.63) is 41.0 Å². The molecule has 1 aromatic carbocycles. The van der Waals surface area contributed by atoms with E-state index in [1.807, 2.05) is 24.3 Å². The predicted octanol–water partition coefficient (Wildman–Crippen LogP) is 2.55. The molecule has 0 spiro atoms. The molecule has 1 rings (SSSR count). The van der Waals surface area contributed by atoms with Crippen molar-refractivity contribution in [1.82, 2.24) is 0 Å². The normalized spacial score (nSPS) is 10.8. The van der Waals surface area contributed by atoms with Crippen LogP contribution in [0.1, 0.15) is 25.0 Å². The lowest BCUT2D eigenvalue weighted by Gasteiger charge is -1.96. The van der Waals surface area contributed by atoms with E-state index in [0.29, 0.717) is 5.56 Å². The highest BCUT2D eigenvalue weighted by atomic mass is 16.1. The van der Waals surface area contributed by atoms with Crippen molar-refractivity contribution < 1.29 is 4.79 Å². The Morgan fingerprint density at radius 2 is 1.86 bits per heavy atom. The summed E-state index contributed by atoms with van der Waals surface area (Å²) in [6.45, 7) is 3.32. The highest BCUT2D eigenvalue weighted by Crippen LogP contribution is 2.08. The molecule has 0 aromatic heterocycles. The minimum absolute atomic E-state index is 0.0642. The van der Waals surface area contributed by atoms with Gasteiger partial charge in [0, 0.05) is 0 Å². The van der Waals surface area contributed by atoms with Crippen LogP contribution in [0.15, 0.2) is 29.8 Å². The molecule has 0 fully saturated rings. The van der Waals surface area contributed by atoms with Crippen LogP contribution in [-0.4, -0.2) is 5.78 Å². The lowest BCUT2D eigenvalue weighted by molar-refractivity contribution is -0.113. The first-order valence-corrected chi connectivity index (χ1v) is 4.33. The maximum absolute atomic E-state index is 11.0. The van der Waals surface area contributed by atoms with E-state index in [0.717, 1.165) is 11.1 Å². The molecular weight excluding hydrogens is 174 g/mol. The molecular formula is C12H11NO. The smallest absolute Gasteiger partial charge is 0.155 e. The largest absolute Gasteiger partial charge is 0.295 e. The number of ketones is 1. The number of allylic oxidation sites excluding steroid dienone is 1. The Kier molecular flexibility index (Phi) is 3.19. The van der Waals surface area contributed by atoms with E-state index in [9.17, 15) is 4.79 Å². The molecule has 0 amide bonds. The fourth-order valence-electron chi connectivity index (χ4n) is 1.01. The van der Waals surface area contributed by atoms with Crippen LogP contribution in [-0.2, 0) is 4.79 Å². The van der Waals surface area contributed by atoms with Crippen molar-refractivity contribution in [1.29, 1.82) is 5.26 Å². The summed E-state index contributed by atoms with van der Waals surface area (Å²) >= 11 is 0. The molecule has 70 valence electrons. The summed E-state index contributed by atoms with van der Waals surface area (Å²) in [5.41, 5.74) is 2.29. The van der Waals surface area contributed by atoms with Crippen LogP contribution >= 0.6 is 0 Å². The topological polar surface area (TPSA) is 40.9 Å². The predicted molar refractivity (Wildman–Crippen MR) is 55.5 cm³/mol. The number of nitrogens with zero attached hydrogens (tertiary/aromatic N) is 1. The van der Waals surface area contributed by atoms with Gasteiger partial charge in [-0.15, -0.1) is 0 Å². The van der Waals surface area contributed by atoms with Crippen molar-refractivity contribution in [2.24, 2.45) is 0 Å². The molecule has 0 unspecified atom stereocenters. The third kappa shape index (κ3) is 2.56. The first kappa shape index (κ1) is 10.2. The summed E-state index contributed by atoms with van der Waals surface area (Å²) in [6, 6.07) is 9.16. The lowest BCUT2D eigenvalue weighted by atomic mass is 10.1. The van der Waals surface area contributed by atoms with Gasteiger partial charge in [-0.25, -0.2) is 0 Å². The number of carbonyl (C=O) groups is 1. The second-order valence-electron chi connectivity index (χ2n) is 3.12. The molecule has 0 heterocycles. The molecule has 2 nitrogen and oxygen atoms in total. The number of hydrogen-bond acceptors (Lipinski definition) is 2. The van der Waals surface area contributed by atoms with E-state index in [-0.39, 0.29) is 5.78 Å². The maximum Gasteiger partial charge on any atom is 0.155 e. The molecule has 0 aliphatic carbocycles. The molecule has 0 N–H and O–H groups in total. The Labute approximate surface area is 83.5 Å². The average molecular weight is 185 g/mol. The van der Waals surface area contributed by atoms with Gasteiger partial charge in [-0.2, -0.15) is 5.26 Å². The quantitative estimate of drug-likeness (QED) is 0.664. The van der Waals surface area contributed by atoms with E-state index in [1.54, 1.807) is 19.1 Å². The molecule has 0 saturated heterocycles. The van der Waals surface area contributed by atoms with Crippen LogP contribution in [0.5, 0.6) is 0 Å². The summed E-state index contributed by atoms with van der Waals surface area (Å²) in [4.78, 5) is 11.0. The van der Waals surface area contributed by atoms with Crippen LogP contribution in [0, 0.1) is 11.3 Å². The first-order chi connectivity index (χ1) is 6.63. The minimum Gasteiger partial charge on any atom is -0.295 e. The van der Waals surface area contributed by atoms with Crippen LogP contribution in [0.25, 0.3) is 6.08 Å². The van der Waals surface area contributed by atoms with Gasteiger partial charge in [0.2, 0.25) is 0 Å². The molecule has 1 aromatic rings. The standard InChI is InChI=1S/C12H11NO/c1-9(10(2)14)7-11-3-5-12(8-13)6-4-11/h3-7H,1-2H3/b9-7+. The number of nitriles is 1. The Bertz CT molecular complexity index is 407. The summed E-state index contributed by atoms with van der Waals surface area (Å²) in [5, 5.41) is 8.58. The summed E-state index contributed by atoms with van der Waals surface area (Å²) in [6.07, 6.45) is 1.81. The molecule has 14 heavy (non-hydrogen) atoms. The Morgan fingerprint density at radius 1 is 1.29 bits per heavy atom. The Morgan fingerprint density at radius 3 is 2.29 bits per heavy atom. The van der Waals surface area contributed by atoms with Gasteiger partial charge in [-0.1, -0.05) is 12.1 Å². The van der Waals surface area contributed by atoms with Crippen molar-refractivity contribution in [2.75, 3.05) is 0 Å². The second kappa shape index (κ2) is 4.38. The molecule has 0 aliphatic heterocycles. The molecule has 0 bridgehead atoms. The zero-order valence-corrected chi connectivity index (χ0v) is 8.24. The number of Topliss-reactive ketones (excluding diaryl/α,β-unsaturated/α-hetero) is 1. The third-order valence-corrected chi connectivity index (χ3v) is 1.98. The molecule has 0 aliphatic rings. The number of carbonyl (C=O) groups excluding carboxylic acids is 1. The van der Waals surface area contributed by atoms with Gasteiger partial charge in [-0.05, 0) is 43.2 Å². The SMILES string of the molecule is CC(=O)/C(C)=C/c1ccc(C#N)cc1. The second-order valence-corrected chi connectivity index (χ2v) is 3.12. The van der Waals surface area contributed by atoms with Gasteiger partial charge >= 0.3 is 0 Å². The highest BCUT2D eigenvalue weighted by Gasteiger charge is 1.96. The van der Waals surface area contributed by atoms with Crippen LogP contribution in [0.4, 0.5) is 0 Å². The van der Waals surface area contributed by atoms with Gasteiger partial charge < -0.3 is 0 Å². The summed E-state index contributed by atoms with van der Waals surface area (Å²) in [5.74, 6) is 0.0642. The zero-order valence-electron chi connectivity index (χ0n) is 8.24. The van der Waals surface area contributed by atoms with Crippen LogP contribution in [0.2, 0.25) is 0 Å². The van der Waals surface area contributed by atoms with Gasteiger partial charge in [0.1, 0.15) is 0 Å². The van der Waals surface area contributed by atoms with E-state index in [2.05, 4.69) is 0 Å². The average Bonchev–Trinajstić information content (AvgIpc) is 2.19. The van der Waals surface area contributed by atoms with Crippen LogP contribution < -0.4 is 0 Å². The fourth-order valence-corrected chi connectivity index (χ4v) is 1.01. The van der Waals surface area contributed by atoms with Gasteiger partial charge in [0.25, 0.3) is 0 Å². The third-order valence-electron chi connectivity index (χ3n) is 1.98. The van der Waals surface area contributed by atoms with E-state index < -0.39 is 0 Å². The van der Waals surface area contributed by atoms with Crippen LogP contribution in [0.3, 0.4) is 0 Å². The maximum atomic E-state index is 11.0. The molecule has 0 saturated carbocycles. The molecule has 0 radical (unpaired) electrons. The fraction of sp³-hybridized carbons (Fsp3) is 0.167. The van der Waals surface area contributed by atoms with Crippen molar-refractivity contribution in [3.8, 4) is 6.07 Å². The highest BCUT2D eigenvalue weighted by molar-refractivity contribution is 5.97. The number of rotatable bonds is 2. The minimum atomic E-state index is 0.0642. The van der Waals surface area contributed by atoms with Crippen molar-refractivity contribution in [2.45, 2.75) is 13.8 Å². The van der Waals surface area contributed by atoms with E-state index >= 15 is 0 Å². The van der Waals surface area contributed by atoms with E-state index in [4.69, 9.17) is 5.26 Å².